The zero-order chi connectivity index (χ0) is 34.2. The number of rotatable bonds is 10. The van der Waals surface area contributed by atoms with Crippen molar-refractivity contribution < 1.29 is 38.9 Å². The highest BCUT2D eigenvalue weighted by molar-refractivity contribution is 6.11. The van der Waals surface area contributed by atoms with Gasteiger partial charge in [0.15, 0.2) is 0 Å². The second kappa shape index (κ2) is 14.2. The molecule has 0 aromatic heterocycles. The van der Waals surface area contributed by atoms with Crippen LogP contribution in [-0.2, 0) is 0 Å². The Labute approximate surface area is 274 Å². The summed E-state index contributed by atoms with van der Waals surface area (Å²) in [6.45, 7) is 0. The number of ether oxygens (including phenoxy) is 2. The maximum absolute atomic E-state index is 13.0. The summed E-state index contributed by atoms with van der Waals surface area (Å²) in [6.07, 6.45) is 10.8. The lowest BCUT2D eigenvalue weighted by Crippen LogP contribution is -2.16. The Kier molecular flexibility index (Phi) is 9.50. The van der Waals surface area contributed by atoms with Crippen molar-refractivity contribution in [3.8, 4) is 47.7 Å². The van der Waals surface area contributed by atoms with Gasteiger partial charge in [-0.3, -0.25) is 9.59 Å². The van der Waals surface area contributed by atoms with E-state index in [1.807, 2.05) is 0 Å². The van der Waals surface area contributed by atoms with Crippen LogP contribution in [0.25, 0.3) is 0 Å². The fraction of sp³-hybridized carbons (Fsp3) is 0. The van der Waals surface area contributed by atoms with Gasteiger partial charge in [0.25, 0.3) is 11.8 Å². The van der Waals surface area contributed by atoms with Crippen molar-refractivity contribution in [2.24, 2.45) is 0 Å². The van der Waals surface area contributed by atoms with Gasteiger partial charge in [-0.1, -0.05) is 30.0 Å². The average Bonchev–Trinajstić information content (AvgIpc) is 3.08. The maximum atomic E-state index is 13.0. The minimum Gasteiger partial charge on any atom is -0.478 e. The molecule has 0 spiro atoms. The van der Waals surface area contributed by atoms with Crippen molar-refractivity contribution in [1.82, 2.24) is 0 Å². The lowest BCUT2D eigenvalue weighted by molar-refractivity contribution is 0.0683. The molecular formula is C38H24N2O8. The Morgan fingerprint density at radius 2 is 0.917 bits per heavy atom. The van der Waals surface area contributed by atoms with Gasteiger partial charge >= 0.3 is 11.9 Å². The molecule has 48 heavy (non-hydrogen) atoms. The number of carbonyl (C=O) groups excluding carboxylic acids is 2. The lowest BCUT2D eigenvalue weighted by Gasteiger charge is -2.12. The van der Waals surface area contributed by atoms with Crippen LogP contribution in [-0.4, -0.2) is 34.0 Å². The normalized spacial score (nSPS) is 10.1. The summed E-state index contributed by atoms with van der Waals surface area (Å²) in [5.74, 6) is 2.48. The molecule has 0 saturated carbocycles. The number of carboxylic acid groups (broad SMARTS) is 2. The van der Waals surface area contributed by atoms with Crippen LogP contribution >= 0.6 is 0 Å². The lowest BCUT2D eigenvalue weighted by atomic mass is 10.0. The van der Waals surface area contributed by atoms with Crippen molar-refractivity contribution in [1.29, 1.82) is 0 Å². The number of aromatic carboxylic acids is 2. The Balaban J connectivity index is 1.27. The smallest absolute Gasteiger partial charge is 0.336 e. The monoisotopic (exact) mass is 636 g/mol. The molecule has 2 amide bonds. The van der Waals surface area contributed by atoms with Crippen LogP contribution in [0.4, 0.5) is 11.4 Å². The summed E-state index contributed by atoms with van der Waals surface area (Å²) in [6, 6.07) is 28.0. The summed E-state index contributed by atoms with van der Waals surface area (Å²) in [5, 5.41) is 24.4. The molecule has 0 atom stereocenters. The number of terminal acetylenes is 2. The van der Waals surface area contributed by atoms with Gasteiger partial charge in [-0.15, -0.1) is 12.8 Å². The zero-order valence-corrected chi connectivity index (χ0v) is 24.9. The number of hydrogen-bond acceptors (Lipinski definition) is 6. The molecule has 5 aromatic carbocycles. The third-order valence-corrected chi connectivity index (χ3v) is 6.78. The highest BCUT2D eigenvalue weighted by Crippen LogP contribution is 2.31. The topological polar surface area (TPSA) is 151 Å². The minimum atomic E-state index is -1.28. The van der Waals surface area contributed by atoms with Crippen LogP contribution in [0.5, 0.6) is 23.0 Å². The molecule has 234 valence electrons. The number of nitrogens with one attached hydrogen (secondary N) is 2. The zero-order valence-electron chi connectivity index (χ0n) is 24.9. The highest BCUT2D eigenvalue weighted by atomic mass is 16.5. The standard InChI is InChI=1S/C38H24N2O8/c1-3-23-15-17-32(37(43)44)33(18-23)36(42)40-26-9-6-11-28(21-26)48-30-13-7-12-29(22-30)47-27-10-5-8-25(20-27)39-35(41)31-16-14-24(4-2)19-34(31)38(45)46/h1-2,5-22H,(H,39,41)(H,40,42)(H,43,44)(H,45,46). The number of hydrogen-bond donors (Lipinski definition) is 4. The van der Waals surface area contributed by atoms with Gasteiger partial charge in [-0.25, -0.2) is 9.59 Å². The Bertz CT molecular complexity index is 2170. The predicted octanol–water partition coefficient (Wildman–Crippen LogP) is 7.13. The molecular weight excluding hydrogens is 612 g/mol. The molecule has 4 N–H and O–H groups in total. The molecule has 5 aromatic rings. The SMILES string of the molecule is C#Cc1ccc(C(=O)Nc2cccc(Oc3cccc(Oc4cccc(NC(=O)c5cc(C#C)ccc5C(=O)O)c4)c3)c2)c(C(=O)O)c1. The van der Waals surface area contributed by atoms with E-state index in [4.69, 9.17) is 22.3 Å². The summed E-state index contributed by atoms with van der Waals surface area (Å²) >= 11 is 0. The van der Waals surface area contributed by atoms with Crippen LogP contribution in [0.15, 0.2) is 109 Å². The molecule has 0 aliphatic carbocycles. The van der Waals surface area contributed by atoms with Crippen molar-refractivity contribution in [3.05, 3.63) is 143 Å². The van der Waals surface area contributed by atoms with E-state index in [1.165, 1.54) is 36.4 Å². The van der Waals surface area contributed by atoms with E-state index >= 15 is 0 Å². The summed E-state index contributed by atoms with van der Waals surface area (Å²) in [4.78, 5) is 49.2. The Morgan fingerprint density at radius 3 is 1.40 bits per heavy atom. The van der Waals surface area contributed by atoms with E-state index in [2.05, 4.69) is 22.5 Å². The first-order valence-corrected chi connectivity index (χ1v) is 14.1. The van der Waals surface area contributed by atoms with Gasteiger partial charge in [0.1, 0.15) is 23.0 Å². The van der Waals surface area contributed by atoms with Gasteiger partial charge in [-0.05, 0) is 72.8 Å². The van der Waals surface area contributed by atoms with Gasteiger partial charge in [0, 0.05) is 40.7 Å². The van der Waals surface area contributed by atoms with Crippen LogP contribution in [0.3, 0.4) is 0 Å². The molecule has 10 nitrogen and oxygen atoms in total. The first-order valence-electron chi connectivity index (χ1n) is 14.1. The molecule has 10 heteroatoms. The molecule has 0 fully saturated rings. The summed E-state index contributed by atoms with van der Waals surface area (Å²) in [5.41, 5.74) is 0.877. The van der Waals surface area contributed by atoms with Crippen molar-refractivity contribution >= 4 is 35.1 Å². The third-order valence-electron chi connectivity index (χ3n) is 6.78. The number of amides is 2. The van der Waals surface area contributed by atoms with Crippen molar-refractivity contribution in [2.45, 2.75) is 0 Å². The molecule has 5 rings (SSSR count). The molecule has 0 heterocycles. The van der Waals surface area contributed by atoms with Crippen LogP contribution in [0.2, 0.25) is 0 Å². The van der Waals surface area contributed by atoms with Crippen LogP contribution in [0.1, 0.15) is 52.6 Å². The molecule has 0 aliphatic rings. The van der Waals surface area contributed by atoms with E-state index in [-0.39, 0.29) is 22.3 Å². The fourth-order valence-corrected chi connectivity index (χ4v) is 4.56. The van der Waals surface area contributed by atoms with Gasteiger partial charge in [0.05, 0.1) is 22.3 Å². The molecule has 0 aliphatic heterocycles. The quantitative estimate of drug-likeness (QED) is 0.118. The number of carboxylic acids is 2. The minimum absolute atomic E-state index is 0.0515. The Morgan fingerprint density at radius 1 is 0.500 bits per heavy atom. The van der Waals surface area contributed by atoms with E-state index in [1.54, 1.807) is 72.8 Å². The van der Waals surface area contributed by atoms with E-state index in [0.717, 1.165) is 0 Å². The third kappa shape index (κ3) is 7.67. The molecule has 0 radical (unpaired) electrons. The number of carbonyl (C=O) groups is 4. The first kappa shape index (κ1) is 32.1. The molecule has 0 saturated heterocycles. The van der Waals surface area contributed by atoms with Crippen LogP contribution in [0, 0.1) is 24.7 Å². The largest absolute Gasteiger partial charge is 0.478 e. The summed E-state index contributed by atoms with van der Waals surface area (Å²) < 4.78 is 12.0. The van der Waals surface area contributed by atoms with Crippen molar-refractivity contribution in [2.75, 3.05) is 10.6 Å². The molecule has 0 bridgehead atoms. The first-order chi connectivity index (χ1) is 23.1. The second-order valence-corrected chi connectivity index (χ2v) is 10.1. The van der Waals surface area contributed by atoms with E-state index < -0.39 is 23.8 Å². The maximum Gasteiger partial charge on any atom is 0.336 e. The van der Waals surface area contributed by atoms with Gasteiger partial charge < -0.3 is 30.3 Å². The fourth-order valence-electron chi connectivity index (χ4n) is 4.56. The highest BCUT2D eigenvalue weighted by Gasteiger charge is 2.19. The van der Waals surface area contributed by atoms with Crippen LogP contribution < -0.4 is 20.1 Å². The van der Waals surface area contributed by atoms with E-state index in [0.29, 0.717) is 45.5 Å². The number of benzene rings is 5. The molecule has 0 unspecified atom stereocenters. The summed E-state index contributed by atoms with van der Waals surface area (Å²) in [7, 11) is 0. The average molecular weight is 637 g/mol. The second-order valence-electron chi connectivity index (χ2n) is 10.1. The van der Waals surface area contributed by atoms with E-state index in [9.17, 15) is 29.4 Å². The Hall–Kier alpha value is -7.30. The van der Waals surface area contributed by atoms with Gasteiger partial charge in [-0.2, -0.15) is 0 Å². The predicted molar refractivity (Wildman–Crippen MR) is 178 cm³/mol. The number of anilines is 2. The van der Waals surface area contributed by atoms with Gasteiger partial charge in [0.2, 0.25) is 0 Å². The van der Waals surface area contributed by atoms with Crippen molar-refractivity contribution in [3.63, 3.8) is 0 Å².